The van der Waals surface area contributed by atoms with Crippen molar-refractivity contribution < 1.29 is 0 Å². The number of benzene rings is 1. The molecule has 15 heavy (non-hydrogen) atoms. The van der Waals surface area contributed by atoms with Crippen molar-refractivity contribution in [2.45, 2.75) is 25.3 Å². The van der Waals surface area contributed by atoms with Crippen LogP contribution >= 0.6 is 27.5 Å². The van der Waals surface area contributed by atoms with E-state index in [2.05, 4.69) is 21.4 Å². The minimum atomic E-state index is 0.242. The Morgan fingerprint density at radius 3 is 2.80 bits per heavy atom. The van der Waals surface area contributed by atoms with Gasteiger partial charge in [-0.2, -0.15) is 0 Å². The molecule has 1 aromatic carbocycles. The summed E-state index contributed by atoms with van der Waals surface area (Å²) < 4.78 is 0.928. The third kappa shape index (κ3) is 2.94. The molecule has 4 heteroatoms. The van der Waals surface area contributed by atoms with Crippen LogP contribution in [0.1, 0.15) is 30.9 Å². The van der Waals surface area contributed by atoms with E-state index in [-0.39, 0.29) is 6.04 Å². The van der Waals surface area contributed by atoms with Crippen molar-refractivity contribution in [3.63, 3.8) is 0 Å². The summed E-state index contributed by atoms with van der Waals surface area (Å²) in [6.07, 6.45) is 3.80. The fraction of sp³-hybridized carbons (Fsp3) is 0.455. The summed E-state index contributed by atoms with van der Waals surface area (Å²) in [7, 11) is 0. The summed E-state index contributed by atoms with van der Waals surface area (Å²) in [4.78, 5) is 0. The number of rotatable bonds is 4. The molecule has 1 fully saturated rings. The van der Waals surface area contributed by atoms with Crippen LogP contribution in [0.25, 0.3) is 0 Å². The molecule has 82 valence electrons. The van der Waals surface area contributed by atoms with Crippen molar-refractivity contribution in [1.82, 2.24) is 5.43 Å². The molecule has 0 radical (unpaired) electrons. The Morgan fingerprint density at radius 2 is 2.27 bits per heavy atom. The number of nitrogens with one attached hydrogen (secondary N) is 1. The minimum Gasteiger partial charge on any atom is -0.271 e. The maximum atomic E-state index is 5.95. The molecule has 0 aliphatic heterocycles. The fourth-order valence-corrected chi connectivity index (χ4v) is 2.23. The van der Waals surface area contributed by atoms with E-state index in [0.717, 1.165) is 21.8 Å². The molecule has 2 nitrogen and oxygen atoms in total. The smallest absolute Gasteiger partial charge is 0.0548 e. The third-order valence-corrected chi connectivity index (χ3v) is 4.03. The molecule has 0 heterocycles. The second kappa shape index (κ2) is 4.83. The third-order valence-electron chi connectivity index (χ3n) is 2.81. The van der Waals surface area contributed by atoms with Crippen molar-refractivity contribution >= 4 is 27.5 Å². The first-order chi connectivity index (χ1) is 7.20. The Bertz CT molecular complexity index is 352. The van der Waals surface area contributed by atoms with Gasteiger partial charge >= 0.3 is 0 Å². The van der Waals surface area contributed by atoms with Gasteiger partial charge in [0.05, 0.1) is 5.02 Å². The molecule has 1 atom stereocenters. The van der Waals surface area contributed by atoms with Crippen LogP contribution in [0.2, 0.25) is 5.02 Å². The lowest BCUT2D eigenvalue weighted by molar-refractivity contribution is 0.487. The highest BCUT2D eigenvalue weighted by Crippen LogP contribution is 2.38. The molecular formula is C11H14BrClN2. The van der Waals surface area contributed by atoms with Gasteiger partial charge in [-0.3, -0.25) is 11.3 Å². The van der Waals surface area contributed by atoms with Gasteiger partial charge in [0.2, 0.25) is 0 Å². The number of hydrogen-bond acceptors (Lipinski definition) is 2. The van der Waals surface area contributed by atoms with Crippen molar-refractivity contribution in [3.8, 4) is 0 Å². The Balaban J connectivity index is 2.13. The summed E-state index contributed by atoms with van der Waals surface area (Å²) in [5.41, 5.74) is 4.07. The number of halogens is 2. The van der Waals surface area contributed by atoms with E-state index in [4.69, 9.17) is 17.4 Å². The molecule has 0 saturated heterocycles. The van der Waals surface area contributed by atoms with Gasteiger partial charge in [0.15, 0.2) is 0 Å². The summed E-state index contributed by atoms with van der Waals surface area (Å²) in [5.74, 6) is 6.42. The van der Waals surface area contributed by atoms with Gasteiger partial charge < -0.3 is 0 Å². The Kier molecular flexibility index (Phi) is 3.67. The zero-order valence-corrected chi connectivity index (χ0v) is 10.7. The highest BCUT2D eigenvalue weighted by atomic mass is 79.9. The van der Waals surface area contributed by atoms with E-state index in [1.165, 1.54) is 18.4 Å². The monoisotopic (exact) mass is 288 g/mol. The topological polar surface area (TPSA) is 38.0 Å². The van der Waals surface area contributed by atoms with Crippen LogP contribution in [-0.4, -0.2) is 0 Å². The van der Waals surface area contributed by atoms with Crippen LogP contribution in [0, 0.1) is 5.92 Å². The van der Waals surface area contributed by atoms with Crippen molar-refractivity contribution in [1.29, 1.82) is 0 Å². The van der Waals surface area contributed by atoms with E-state index in [1.807, 2.05) is 18.2 Å². The molecule has 0 bridgehead atoms. The molecule has 2 rings (SSSR count). The SMILES string of the molecule is NNC(CC1CC1)c1ccc(Cl)c(Br)c1. The number of nitrogens with two attached hydrogens (primary N) is 1. The largest absolute Gasteiger partial charge is 0.271 e. The predicted octanol–water partition coefficient (Wildman–Crippen LogP) is 3.41. The lowest BCUT2D eigenvalue weighted by Gasteiger charge is -2.16. The molecule has 0 spiro atoms. The van der Waals surface area contributed by atoms with Gasteiger partial charge in [-0.05, 0) is 46.0 Å². The van der Waals surface area contributed by atoms with Gasteiger partial charge in [0.1, 0.15) is 0 Å². The number of hydrogen-bond donors (Lipinski definition) is 2. The standard InChI is InChI=1S/C11H14BrClN2/c12-9-6-8(3-4-10(9)13)11(15-14)5-7-1-2-7/h3-4,6-7,11,15H,1-2,5,14H2. The molecule has 0 amide bonds. The van der Waals surface area contributed by atoms with E-state index in [1.54, 1.807) is 0 Å². The first-order valence-corrected chi connectivity index (χ1v) is 6.29. The van der Waals surface area contributed by atoms with E-state index < -0.39 is 0 Å². The van der Waals surface area contributed by atoms with Crippen LogP contribution in [0.5, 0.6) is 0 Å². The Morgan fingerprint density at radius 1 is 1.53 bits per heavy atom. The van der Waals surface area contributed by atoms with Crippen molar-refractivity contribution in [2.24, 2.45) is 11.8 Å². The van der Waals surface area contributed by atoms with E-state index in [0.29, 0.717) is 0 Å². The molecule has 1 saturated carbocycles. The molecule has 1 unspecified atom stereocenters. The minimum absolute atomic E-state index is 0.242. The Hall–Kier alpha value is -0.0900. The predicted molar refractivity (Wildman–Crippen MR) is 66.6 cm³/mol. The second-order valence-corrected chi connectivity index (χ2v) is 5.33. The first-order valence-electron chi connectivity index (χ1n) is 5.12. The maximum Gasteiger partial charge on any atom is 0.0548 e. The summed E-state index contributed by atoms with van der Waals surface area (Å²) in [6.45, 7) is 0. The summed E-state index contributed by atoms with van der Waals surface area (Å²) in [5, 5.41) is 0.737. The lowest BCUT2D eigenvalue weighted by Crippen LogP contribution is -2.28. The molecule has 0 aromatic heterocycles. The molecule has 1 aliphatic rings. The van der Waals surface area contributed by atoms with Crippen LogP contribution in [0.4, 0.5) is 0 Å². The highest BCUT2D eigenvalue weighted by molar-refractivity contribution is 9.10. The van der Waals surface area contributed by atoms with Crippen LogP contribution in [0.3, 0.4) is 0 Å². The summed E-state index contributed by atoms with van der Waals surface area (Å²) >= 11 is 9.37. The van der Waals surface area contributed by atoms with Gasteiger partial charge in [0, 0.05) is 10.5 Å². The van der Waals surface area contributed by atoms with Crippen molar-refractivity contribution in [2.75, 3.05) is 0 Å². The lowest BCUT2D eigenvalue weighted by atomic mass is 10.0. The van der Waals surface area contributed by atoms with E-state index >= 15 is 0 Å². The molecule has 3 N–H and O–H groups in total. The van der Waals surface area contributed by atoms with Gasteiger partial charge in [-0.25, -0.2) is 0 Å². The highest BCUT2D eigenvalue weighted by Gasteiger charge is 2.25. The zero-order chi connectivity index (χ0) is 10.8. The van der Waals surface area contributed by atoms with Gasteiger partial charge in [-0.15, -0.1) is 0 Å². The van der Waals surface area contributed by atoms with Crippen LogP contribution in [-0.2, 0) is 0 Å². The van der Waals surface area contributed by atoms with Crippen LogP contribution in [0.15, 0.2) is 22.7 Å². The average Bonchev–Trinajstić information content (AvgIpc) is 3.02. The summed E-state index contributed by atoms with van der Waals surface area (Å²) in [6, 6.07) is 6.21. The quantitative estimate of drug-likeness (QED) is 0.658. The average molecular weight is 290 g/mol. The zero-order valence-electron chi connectivity index (χ0n) is 8.34. The maximum absolute atomic E-state index is 5.95. The fourth-order valence-electron chi connectivity index (χ4n) is 1.72. The first kappa shape index (κ1) is 11.4. The van der Waals surface area contributed by atoms with Gasteiger partial charge in [-0.1, -0.05) is 30.5 Å². The molecule has 1 aromatic rings. The normalized spacial score (nSPS) is 17.8. The van der Waals surface area contributed by atoms with Crippen LogP contribution < -0.4 is 11.3 Å². The van der Waals surface area contributed by atoms with E-state index in [9.17, 15) is 0 Å². The molecular weight excluding hydrogens is 275 g/mol. The number of hydrazine groups is 1. The molecule has 1 aliphatic carbocycles. The second-order valence-electron chi connectivity index (χ2n) is 4.07. The Labute approximate surface area is 103 Å². The van der Waals surface area contributed by atoms with Gasteiger partial charge in [0.25, 0.3) is 0 Å². The van der Waals surface area contributed by atoms with Crippen molar-refractivity contribution in [3.05, 3.63) is 33.3 Å².